The van der Waals surface area contributed by atoms with Crippen LogP contribution in [-0.4, -0.2) is 19.6 Å². The first-order chi connectivity index (χ1) is 6.20. The zero-order valence-corrected chi connectivity index (χ0v) is 7.66. The molecule has 2 aromatic heterocycles. The van der Waals surface area contributed by atoms with E-state index in [0.717, 1.165) is 5.69 Å². The summed E-state index contributed by atoms with van der Waals surface area (Å²) in [5.74, 6) is 0.509. The molecule has 0 radical (unpaired) electrons. The fourth-order valence-corrected chi connectivity index (χ4v) is 1.34. The van der Waals surface area contributed by atoms with Crippen LogP contribution in [0.2, 0.25) is 0 Å². The summed E-state index contributed by atoms with van der Waals surface area (Å²) in [6.07, 6.45) is 0. The van der Waals surface area contributed by atoms with Gasteiger partial charge < -0.3 is 0 Å². The summed E-state index contributed by atoms with van der Waals surface area (Å²) in [6.45, 7) is 1.83. The Balaban J connectivity index is 2.84. The van der Waals surface area contributed by atoms with Gasteiger partial charge in [0.1, 0.15) is 11.1 Å². The number of aryl methyl sites for hydroxylation is 1. The number of nitriles is 1. The second-order valence-corrected chi connectivity index (χ2v) is 2.97. The Kier molecular flexibility index (Phi) is 1.67. The average Bonchev–Trinajstić information content (AvgIpc) is 2.47. The van der Waals surface area contributed by atoms with Gasteiger partial charge in [-0.25, -0.2) is 4.98 Å². The number of hydrogen-bond donors (Lipinski definition) is 1. The topological polar surface area (TPSA) is 66.9 Å². The second kappa shape index (κ2) is 2.71. The van der Waals surface area contributed by atoms with Gasteiger partial charge in [-0.05, 0) is 13.0 Å². The van der Waals surface area contributed by atoms with E-state index in [1.54, 1.807) is 6.07 Å². The molecule has 0 N–H and O–H groups in total. The maximum absolute atomic E-state index is 8.56. The van der Waals surface area contributed by atoms with Crippen molar-refractivity contribution < 1.29 is 0 Å². The predicted octanol–water partition coefficient (Wildman–Crippen LogP) is 0.593. The highest BCUT2D eigenvalue weighted by atomic mass is 32.1. The highest BCUT2D eigenvalue weighted by molar-refractivity contribution is 7.80. The molecule has 2 heterocycles. The molecule has 2 aromatic rings. The van der Waals surface area contributed by atoms with Crippen molar-refractivity contribution in [2.24, 2.45) is 0 Å². The Morgan fingerprint density at radius 2 is 2.31 bits per heavy atom. The SMILES string of the molecule is Cc1cc(S)n2nc(C#N)nc2n1. The van der Waals surface area contributed by atoms with Crippen molar-refractivity contribution >= 4 is 18.4 Å². The highest BCUT2D eigenvalue weighted by Crippen LogP contribution is 2.08. The third-order valence-corrected chi connectivity index (χ3v) is 1.84. The number of hydrogen-bond acceptors (Lipinski definition) is 5. The molecule has 0 aliphatic heterocycles. The van der Waals surface area contributed by atoms with E-state index < -0.39 is 0 Å². The molecular formula is C7H5N5S. The zero-order chi connectivity index (χ0) is 9.42. The smallest absolute Gasteiger partial charge is 0.216 e. The molecule has 0 atom stereocenters. The van der Waals surface area contributed by atoms with Crippen LogP contribution in [0.3, 0.4) is 0 Å². The van der Waals surface area contributed by atoms with Gasteiger partial charge in [0.05, 0.1) is 0 Å². The van der Waals surface area contributed by atoms with Crippen LogP contribution >= 0.6 is 12.6 Å². The summed E-state index contributed by atoms with van der Waals surface area (Å²) >= 11 is 4.18. The van der Waals surface area contributed by atoms with Crippen molar-refractivity contribution in [2.75, 3.05) is 0 Å². The van der Waals surface area contributed by atoms with Crippen LogP contribution < -0.4 is 0 Å². The molecular weight excluding hydrogens is 186 g/mol. The van der Waals surface area contributed by atoms with Gasteiger partial charge in [-0.15, -0.1) is 17.7 Å². The molecule has 0 fully saturated rings. The van der Waals surface area contributed by atoms with E-state index in [9.17, 15) is 0 Å². The largest absolute Gasteiger partial charge is 0.254 e. The first-order valence-corrected chi connectivity index (χ1v) is 3.99. The van der Waals surface area contributed by atoms with Crippen LogP contribution in [0.5, 0.6) is 0 Å². The summed E-state index contributed by atoms with van der Waals surface area (Å²) in [5, 5.41) is 13.1. The van der Waals surface area contributed by atoms with Crippen molar-refractivity contribution in [3.8, 4) is 6.07 Å². The Hall–Kier alpha value is -1.61. The first-order valence-electron chi connectivity index (χ1n) is 3.54. The molecule has 0 saturated carbocycles. The second-order valence-electron chi connectivity index (χ2n) is 2.51. The minimum absolute atomic E-state index is 0.105. The quantitative estimate of drug-likeness (QED) is 0.489. The number of fused-ring (bicyclic) bond motifs is 1. The van der Waals surface area contributed by atoms with Gasteiger partial charge in [-0.1, -0.05) is 0 Å². The van der Waals surface area contributed by atoms with Gasteiger partial charge in [-0.3, -0.25) is 0 Å². The van der Waals surface area contributed by atoms with Gasteiger partial charge in [0, 0.05) is 5.69 Å². The first kappa shape index (κ1) is 8.01. The van der Waals surface area contributed by atoms with Crippen LogP contribution in [0.4, 0.5) is 0 Å². The van der Waals surface area contributed by atoms with Crippen LogP contribution in [0.15, 0.2) is 11.1 Å². The standard InChI is InChI=1S/C7H5N5S/c1-4-2-6(13)12-7(9-4)10-5(3-8)11-12/h2,13H,1H3. The van der Waals surface area contributed by atoms with Crippen molar-refractivity contribution in [1.82, 2.24) is 19.6 Å². The molecule has 5 nitrogen and oxygen atoms in total. The van der Waals surface area contributed by atoms with E-state index in [2.05, 4.69) is 27.7 Å². The third-order valence-electron chi connectivity index (χ3n) is 1.52. The number of rotatable bonds is 0. The van der Waals surface area contributed by atoms with Gasteiger partial charge in [0.15, 0.2) is 0 Å². The number of nitrogens with zero attached hydrogens (tertiary/aromatic N) is 5. The molecule has 0 aliphatic carbocycles. The van der Waals surface area contributed by atoms with E-state index in [1.807, 2.05) is 13.0 Å². The summed E-state index contributed by atoms with van der Waals surface area (Å²) in [6, 6.07) is 3.60. The number of thiol groups is 1. The normalized spacial score (nSPS) is 10.2. The molecule has 0 aliphatic rings. The van der Waals surface area contributed by atoms with Crippen LogP contribution in [-0.2, 0) is 0 Å². The molecule has 0 unspecified atom stereocenters. The lowest BCUT2D eigenvalue weighted by molar-refractivity contribution is 0.832. The lowest BCUT2D eigenvalue weighted by Gasteiger charge is -1.96. The van der Waals surface area contributed by atoms with Crippen molar-refractivity contribution in [2.45, 2.75) is 11.9 Å². The van der Waals surface area contributed by atoms with E-state index in [4.69, 9.17) is 5.26 Å². The Morgan fingerprint density at radius 3 is 3.00 bits per heavy atom. The molecule has 0 bridgehead atoms. The Labute approximate surface area is 79.5 Å². The molecule has 0 spiro atoms. The van der Waals surface area contributed by atoms with Gasteiger partial charge in [0.25, 0.3) is 11.6 Å². The van der Waals surface area contributed by atoms with Crippen LogP contribution in [0.1, 0.15) is 11.5 Å². The highest BCUT2D eigenvalue weighted by Gasteiger charge is 2.06. The predicted molar refractivity (Wildman–Crippen MR) is 47.5 cm³/mol. The van der Waals surface area contributed by atoms with Crippen molar-refractivity contribution in [3.05, 3.63) is 17.6 Å². The Morgan fingerprint density at radius 1 is 1.54 bits per heavy atom. The van der Waals surface area contributed by atoms with Crippen LogP contribution in [0, 0.1) is 18.3 Å². The van der Waals surface area contributed by atoms with Gasteiger partial charge >= 0.3 is 0 Å². The van der Waals surface area contributed by atoms with Crippen molar-refractivity contribution in [1.29, 1.82) is 5.26 Å². The minimum Gasteiger partial charge on any atom is -0.216 e. The van der Waals surface area contributed by atoms with E-state index in [0.29, 0.717) is 10.8 Å². The van der Waals surface area contributed by atoms with Gasteiger partial charge in [-0.2, -0.15) is 14.8 Å². The van der Waals surface area contributed by atoms with E-state index in [1.165, 1.54) is 4.52 Å². The fourth-order valence-electron chi connectivity index (χ4n) is 1.02. The summed E-state index contributed by atoms with van der Waals surface area (Å²) in [4.78, 5) is 7.98. The van der Waals surface area contributed by atoms with Gasteiger partial charge in [0.2, 0.25) is 0 Å². The monoisotopic (exact) mass is 191 g/mol. The Bertz CT molecular complexity index is 509. The summed E-state index contributed by atoms with van der Waals surface area (Å²) in [7, 11) is 0. The molecule has 64 valence electrons. The molecule has 13 heavy (non-hydrogen) atoms. The summed E-state index contributed by atoms with van der Waals surface area (Å²) < 4.78 is 1.43. The maximum atomic E-state index is 8.56. The average molecular weight is 191 g/mol. The van der Waals surface area contributed by atoms with Crippen LogP contribution in [0.25, 0.3) is 5.78 Å². The van der Waals surface area contributed by atoms with E-state index in [-0.39, 0.29) is 5.82 Å². The molecule has 2 rings (SSSR count). The molecule has 6 heteroatoms. The minimum atomic E-state index is 0.105. The molecule has 0 aromatic carbocycles. The maximum Gasteiger partial charge on any atom is 0.254 e. The number of aromatic nitrogens is 4. The van der Waals surface area contributed by atoms with Crippen molar-refractivity contribution in [3.63, 3.8) is 0 Å². The lowest BCUT2D eigenvalue weighted by atomic mass is 10.5. The third kappa shape index (κ3) is 1.23. The molecule has 0 saturated heterocycles. The van der Waals surface area contributed by atoms with E-state index >= 15 is 0 Å². The fraction of sp³-hybridized carbons (Fsp3) is 0.143. The summed E-state index contributed by atoms with van der Waals surface area (Å²) in [5.41, 5.74) is 0.800. The zero-order valence-electron chi connectivity index (χ0n) is 6.76. The molecule has 0 amide bonds. The lowest BCUT2D eigenvalue weighted by Crippen LogP contribution is -1.94.